The first-order chi connectivity index (χ1) is 19.0. The van der Waals surface area contributed by atoms with Crippen LogP contribution in [0.2, 0.25) is 0 Å². The Labute approximate surface area is 239 Å². The Morgan fingerprint density at radius 3 is 1.23 bits per heavy atom. The van der Waals surface area contributed by atoms with Gasteiger partial charge in [0.05, 0.1) is 0 Å². The van der Waals surface area contributed by atoms with Gasteiger partial charge in [-0.3, -0.25) is 9.69 Å². The molecule has 1 amide bonds. The van der Waals surface area contributed by atoms with Gasteiger partial charge in [-0.1, -0.05) is 30.3 Å². The molecular formula is C21H15ClF19N2O-. The molecule has 0 radical (unpaired) electrons. The fourth-order valence-corrected chi connectivity index (χ4v) is 3.64. The van der Waals surface area contributed by atoms with Crippen LogP contribution in [0.4, 0.5) is 83.4 Å². The van der Waals surface area contributed by atoms with Crippen LogP contribution in [0.3, 0.4) is 0 Å². The Kier molecular flexibility index (Phi) is 10.6. The number of benzene rings is 1. The third-order valence-electron chi connectivity index (χ3n) is 6.29. The number of halogens is 20. The van der Waals surface area contributed by atoms with Gasteiger partial charge in [0.1, 0.15) is 0 Å². The van der Waals surface area contributed by atoms with Gasteiger partial charge in [0.15, 0.2) is 0 Å². The minimum atomic E-state index is -9.02. The van der Waals surface area contributed by atoms with Crippen LogP contribution in [-0.4, -0.2) is 95.4 Å². The topological polar surface area (TPSA) is 23.6 Å². The summed E-state index contributed by atoms with van der Waals surface area (Å²) in [6, 6.07) is 7.86. The van der Waals surface area contributed by atoms with Crippen molar-refractivity contribution >= 4 is 5.91 Å². The van der Waals surface area contributed by atoms with E-state index < -0.39 is 85.6 Å². The minimum absolute atomic E-state index is 0. The zero-order chi connectivity index (χ0) is 33.9. The van der Waals surface area contributed by atoms with Crippen molar-refractivity contribution in [2.75, 3.05) is 26.2 Å². The molecule has 23 heteroatoms. The van der Waals surface area contributed by atoms with Gasteiger partial charge >= 0.3 is 53.6 Å². The molecule has 0 unspecified atom stereocenters. The first-order valence-electron chi connectivity index (χ1n) is 11.1. The van der Waals surface area contributed by atoms with E-state index in [9.17, 15) is 88.2 Å². The average molecular weight is 708 g/mol. The van der Waals surface area contributed by atoms with Crippen molar-refractivity contribution in [1.29, 1.82) is 0 Å². The lowest BCUT2D eigenvalue weighted by atomic mass is 9.87. The number of amides is 1. The summed E-state index contributed by atoms with van der Waals surface area (Å²) in [5, 5.41) is 0. The lowest BCUT2D eigenvalue weighted by molar-refractivity contribution is -0.467. The maximum atomic E-state index is 14.3. The predicted octanol–water partition coefficient (Wildman–Crippen LogP) is 3.98. The lowest BCUT2D eigenvalue weighted by Crippen LogP contribution is -3.00. The molecule has 256 valence electrons. The number of carbonyl (C=O) groups excluding carboxylic acids is 1. The summed E-state index contributed by atoms with van der Waals surface area (Å²) < 4.78 is 256. The van der Waals surface area contributed by atoms with E-state index in [2.05, 4.69) is 0 Å². The van der Waals surface area contributed by atoms with Crippen molar-refractivity contribution in [2.45, 2.75) is 60.1 Å². The summed E-state index contributed by atoms with van der Waals surface area (Å²) in [6.07, 6.45) is -7.94. The van der Waals surface area contributed by atoms with E-state index in [-0.39, 0.29) is 23.9 Å². The highest BCUT2D eigenvalue weighted by molar-refractivity contribution is 5.85. The summed E-state index contributed by atoms with van der Waals surface area (Å²) in [5.74, 6) is -71.5. The van der Waals surface area contributed by atoms with Crippen LogP contribution < -0.4 is 12.4 Å². The van der Waals surface area contributed by atoms with Gasteiger partial charge in [-0.2, -0.15) is 83.4 Å². The maximum Gasteiger partial charge on any atom is 0.460 e. The van der Waals surface area contributed by atoms with E-state index in [1.807, 2.05) is 0 Å². The summed E-state index contributed by atoms with van der Waals surface area (Å²) >= 11 is 0. The molecule has 1 aromatic rings. The van der Waals surface area contributed by atoms with Crippen molar-refractivity contribution in [3.63, 3.8) is 0 Å². The summed E-state index contributed by atoms with van der Waals surface area (Å²) in [4.78, 5) is 13.0. The van der Waals surface area contributed by atoms with Crippen LogP contribution in [-0.2, 0) is 11.3 Å². The maximum absolute atomic E-state index is 14.3. The standard InChI is InChI=1S/C21H15F19N2O.ClH/c22-13(23,12(43)42-8-6-41(7-9-42)10-11-4-2-1-3-5-11)14(24,25)15(26,27)16(28,29)17(30,31)18(32,33)19(34,35)20(36,37)21(38,39)40;/h1-5H,6-10H2;1H/p-1. The van der Waals surface area contributed by atoms with Gasteiger partial charge in [0, 0.05) is 32.7 Å². The molecule has 0 aliphatic carbocycles. The van der Waals surface area contributed by atoms with E-state index in [0.29, 0.717) is 5.56 Å². The number of carbonyl (C=O) groups is 1. The summed E-state index contributed by atoms with van der Waals surface area (Å²) in [5.41, 5.74) is 0.595. The minimum Gasteiger partial charge on any atom is -1.00 e. The molecular weight excluding hydrogens is 693 g/mol. The molecule has 0 aromatic heterocycles. The predicted molar refractivity (Wildman–Crippen MR) is 104 cm³/mol. The molecule has 44 heavy (non-hydrogen) atoms. The normalized spacial score (nSPS) is 17.4. The van der Waals surface area contributed by atoms with Crippen LogP contribution in [0.15, 0.2) is 30.3 Å². The van der Waals surface area contributed by atoms with Gasteiger partial charge < -0.3 is 17.3 Å². The highest BCUT2D eigenvalue weighted by Gasteiger charge is 2.97. The zero-order valence-electron chi connectivity index (χ0n) is 20.8. The highest BCUT2D eigenvalue weighted by Crippen LogP contribution is 2.65. The monoisotopic (exact) mass is 707 g/mol. The van der Waals surface area contributed by atoms with Gasteiger partial charge in [-0.15, -0.1) is 0 Å². The second-order valence-corrected chi connectivity index (χ2v) is 9.15. The molecule has 1 aliphatic rings. The second-order valence-electron chi connectivity index (χ2n) is 9.15. The van der Waals surface area contributed by atoms with Gasteiger partial charge in [-0.05, 0) is 5.56 Å². The SMILES string of the molecule is O=C(N1CCN(Cc2ccccc2)CC1)C(F)(F)C(F)(F)C(F)(F)C(F)(F)C(F)(F)C(F)(F)C(F)(F)C(F)(F)C(F)(F)F.[Cl-]. The molecule has 0 bridgehead atoms. The van der Waals surface area contributed by atoms with Crippen LogP contribution in [0.5, 0.6) is 0 Å². The third kappa shape index (κ3) is 5.72. The van der Waals surface area contributed by atoms with Gasteiger partial charge in [-0.25, -0.2) is 0 Å². The van der Waals surface area contributed by atoms with E-state index in [0.717, 1.165) is 0 Å². The quantitative estimate of drug-likeness (QED) is 0.344. The molecule has 3 nitrogen and oxygen atoms in total. The molecule has 1 aromatic carbocycles. The molecule has 0 saturated carbocycles. The second kappa shape index (κ2) is 11.8. The van der Waals surface area contributed by atoms with Crippen LogP contribution in [0, 0.1) is 0 Å². The third-order valence-corrected chi connectivity index (χ3v) is 6.29. The summed E-state index contributed by atoms with van der Waals surface area (Å²) in [6.45, 7) is -2.87. The van der Waals surface area contributed by atoms with Crippen molar-refractivity contribution in [3.8, 4) is 0 Å². The van der Waals surface area contributed by atoms with Crippen molar-refractivity contribution < 1.29 is 101 Å². The fraction of sp³-hybridized carbons (Fsp3) is 0.667. The molecule has 1 fully saturated rings. The molecule has 0 atom stereocenters. The summed E-state index contributed by atoms with van der Waals surface area (Å²) in [7, 11) is 0. The number of piperazine rings is 1. The van der Waals surface area contributed by atoms with Crippen LogP contribution >= 0.6 is 0 Å². The van der Waals surface area contributed by atoms with Crippen LogP contribution in [0.25, 0.3) is 0 Å². The molecule has 1 heterocycles. The van der Waals surface area contributed by atoms with Gasteiger partial charge in [0.25, 0.3) is 5.91 Å². The molecule has 2 rings (SSSR count). The first kappa shape index (κ1) is 39.6. The largest absolute Gasteiger partial charge is 1.00 e. The van der Waals surface area contributed by atoms with Crippen molar-refractivity contribution in [2.24, 2.45) is 0 Å². The van der Waals surface area contributed by atoms with E-state index in [1.165, 1.54) is 4.90 Å². The molecule has 1 saturated heterocycles. The Balaban J connectivity index is 0.00000968. The van der Waals surface area contributed by atoms with Crippen molar-refractivity contribution in [3.05, 3.63) is 35.9 Å². The Hall–Kier alpha value is -2.39. The Bertz CT molecular complexity index is 1150. The lowest BCUT2D eigenvalue weighted by Gasteiger charge is -2.44. The van der Waals surface area contributed by atoms with E-state index in [1.54, 1.807) is 30.3 Å². The number of hydrogen-bond donors (Lipinski definition) is 0. The van der Waals surface area contributed by atoms with Crippen LogP contribution in [0.1, 0.15) is 5.56 Å². The number of alkyl halides is 19. The van der Waals surface area contributed by atoms with Gasteiger partial charge in [0.2, 0.25) is 0 Å². The fourth-order valence-electron chi connectivity index (χ4n) is 3.64. The molecule has 0 spiro atoms. The highest BCUT2D eigenvalue weighted by atomic mass is 35.5. The molecule has 0 N–H and O–H groups in total. The van der Waals surface area contributed by atoms with E-state index in [4.69, 9.17) is 0 Å². The van der Waals surface area contributed by atoms with Crippen molar-refractivity contribution in [1.82, 2.24) is 9.80 Å². The average Bonchev–Trinajstić information content (AvgIpc) is 2.87. The number of hydrogen-bond acceptors (Lipinski definition) is 2. The number of rotatable bonds is 10. The smallest absolute Gasteiger partial charge is 0.460 e. The first-order valence-corrected chi connectivity index (χ1v) is 11.1. The zero-order valence-corrected chi connectivity index (χ0v) is 21.5. The van der Waals surface area contributed by atoms with E-state index >= 15 is 0 Å². The Morgan fingerprint density at radius 1 is 0.523 bits per heavy atom. The molecule has 1 aliphatic heterocycles. The number of nitrogens with zero attached hydrogens (tertiary/aromatic N) is 2. The Morgan fingerprint density at radius 2 is 0.864 bits per heavy atom.